The number of benzene rings is 1. The van der Waals surface area contributed by atoms with Gasteiger partial charge in [-0.25, -0.2) is 0 Å². The van der Waals surface area contributed by atoms with E-state index in [1.807, 2.05) is 26.0 Å². The molecule has 2 N–H and O–H groups in total. The van der Waals surface area contributed by atoms with Crippen molar-refractivity contribution in [3.63, 3.8) is 0 Å². The largest absolute Gasteiger partial charge is 0.356 e. The van der Waals surface area contributed by atoms with E-state index in [9.17, 15) is 9.59 Å². The van der Waals surface area contributed by atoms with Gasteiger partial charge < -0.3 is 10.6 Å². The lowest BCUT2D eigenvalue weighted by Gasteiger charge is -2.10. The van der Waals surface area contributed by atoms with Gasteiger partial charge in [-0.05, 0) is 31.0 Å². The molecule has 4 nitrogen and oxygen atoms in total. The third-order valence-electron chi connectivity index (χ3n) is 3.09. The van der Waals surface area contributed by atoms with E-state index in [0.717, 1.165) is 17.3 Å². The lowest BCUT2D eigenvalue weighted by Crippen LogP contribution is -2.32. The molecule has 0 aromatic heterocycles. The average molecular weight is 341 g/mol. The van der Waals surface area contributed by atoms with Crippen LogP contribution < -0.4 is 10.6 Å². The standard InChI is InChI=1S/C15H21BrN2O2/c1-3-11(2)14(19)17-8-5-9-18-15(20)12-6-4-7-13(16)10-12/h4,6-7,10-11H,3,5,8-9H2,1-2H3,(H,17,19)(H,18,20)/t11-/m1/s1. The number of halogens is 1. The first-order valence-corrected chi connectivity index (χ1v) is 7.65. The minimum Gasteiger partial charge on any atom is -0.356 e. The normalized spacial score (nSPS) is 11.8. The second-order valence-corrected chi connectivity index (χ2v) is 5.64. The molecule has 5 heteroatoms. The Balaban J connectivity index is 2.21. The predicted octanol–water partition coefficient (Wildman–Crippen LogP) is 2.73. The van der Waals surface area contributed by atoms with Crippen molar-refractivity contribution < 1.29 is 9.59 Å². The summed E-state index contributed by atoms with van der Waals surface area (Å²) in [6, 6.07) is 7.25. The third kappa shape index (κ3) is 5.74. The zero-order valence-corrected chi connectivity index (χ0v) is 13.5. The van der Waals surface area contributed by atoms with Crippen LogP contribution in [0.5, 0.6) is 0 Å². The van der Waals surface area contributed by atoms with Crippen molar-refractivity contribution >= 4 is 27.7 Å². The third-order valence-corrected chi connectivity index (χ3v) is 3.58. The molecule has 1 aromatic carbocycles. The second kappa shape index (κ2) is 8.74. The number of nitrogens with one attached hydrogen (secondary N) is 2. The Bertz CT molecular complexity index is 463. The van der Waals surface area contributed by atoms with Gasteiger partial charge in [-0.3, -0.25) is 9.59 Å². The SMILES string of the molecule is CC[C@@H](C)C(=O)NCCCNC(=O)c1cccc(Br)c1. The highest BCUT2D eigenvalue weighted by Crippen LogP contribution is 2.11. The highest BCUT2D eigenvalue weighted by molar-refractivity contribution is 9.10. The summed E-state index contributed by atoms with van der Waals surface area (Å²) >= 11 is 3.33. The fourth-order valence-corrected chi connectivity index (χ4v) is 1.99. The molecule has 1 atom stereocenters. The number of rotatable bonds is 7. The smallest absolute Gasteiger partial charge is 0.251 e. The Morgan fingerprint density at radius 2 is 1.95 bits per heavy atom. The molecule has 0 heterocycles. The Kier molecular flexibility index (Phi) is 7.30. The van der Waals surface area contributed by atoms with Crippen molar-refractivity contribution in [2.24, 2.45) is 5.92 Å². The predicted molar refractivity (Wildman–Crippen MR) is 83.6 cm³/mol. The van der Waals surface area contributed by atoms with E-state index in [4.69, 9.17) is 0 Å². The van der Waals surface area contributed by atoms with E-state index >= 15 is 0 Å². The van der Waals surface area contributed by atoms with Crippen LogP contribution in [-0.2, 0) is 4.79 Å². The number of amides is 2. The molecule has 2 amide bonds. The minimum atomic E-state index is -0.0976. The van der Waals surface area contributed by atoms with E-state index < -0.39 is 0 Å². The van der Waals surface area contributed by atoms with E-state index in [2.05, 4.69) is 26.6 Å². The maximum Gasteiger partial charge on any atom is 0.251 e. The van der Waals surface area contributed by atoms with Crippen molar-refractivity contribution in [1.82, 2.24) is 10.6 Å². The van der Waals surface area contributed by atoms with E-state index in [1.54, 1.807) is 12.1 Å². The molecule has 1 aromatic rings. The van der Waals surface area contributed by atoms with Crippen LogP contribution in [-0.4, -0.2) is 24.9 Å². The number of hydrogen-bond acceptors (Lipinski definition) is 2. The molecule has 0 aliphatic carbocycles. The van der Waals surface area contributed by atoms with Gasteiger partial charge in [-0.2, -0.15) is 0 Å². The molecular weight excluding hydrogens is 320 g/mol. The molecule has 0 unspecified atom stereocenters. The van der Waals surface area contributed by atoms with Gasteiger partial charge in [-0.15, -0.1) is 0 Å². The van der Waals surface area contributed by atoms with Crippen LogP contribution >= 0.6 is 15.9 Å². The maximum absolute atomic E-state index is 11.8. The molecule has 0 aliphatic heterocycles. The first-order valence-electron chi connectivity index (χ1n) is 6.86. The van der Waals surface area contributed by atoms with Crippen LogP contribution in [0.2, 0.25) is 0 Å². The van der Waals surface area contributed by atoms with E-state index in [-0.39, 0.29) is 17.7 Å². The minimum absolute atomic E-state index is 0.0475. The van der Waals surface area contributed by atoms with Crippen molar-refractivity contribution in [2.75, 3.05) is 13.1 Å². The number of carbonyl (C=O) groups is 2. The fourth-order valence-electron chi connectivity index (χ4n) is 1.59. The molecule has 0 saturated heterocycles. The number of hydrogen-bond donors (Lipinski definition) is 2. The first kappa shape index (κ1) is 16.7. The van der Waals surface area contributed by atoms with Crippen LogP contribution in [0.1, 0.15) is 37.0 Å². The summed E-state index contributed by atoms with van der Waals surface area (Å²) < 4.78 is 0.881. The lowest BCUT2D eigenvalue weighted by molar-refractivity contribution is -0.124. The van der Waals surface area contributed by atoms with Crippen LogP contribution in [0.15, 0.2) is 28.7 Å². The lowest BCUT2D eigenvalue weighted by atomic mass is 10.1. The molecular formula is C15H21BrN2O2. The van der Waals surface area contributed by atoms with Gasteiger partial charge in [0.25, 0.3) is 5.91 Å². The highest BCUT2D eigenvalue weighted by atomic mass is 79.9. The zero-order valence-electron chi connectivity index (χ0n) is 11.9. The summed E-state index contributed by atoms with van der Waals surface area (Å²) in [5, 5.41) is 5.69. The summed E-state index contributed by atoms with van der Waals surface area (Å²) in [6.45, 7) is 5.03. The molecule has 0 radical (unpaired) electrons. The molecule has 0 bridgehead atoms. The summed E-state index contributed by atoms with van der Waals surface area (Å²) in [5.74, 6) is 0.0247. The van der Waals surface area contributed by atoms with Gasteiger partial charge in [0, 0.05) is 29.0 Å². The van der Waals surface area contributed by atoms with Gasteiger partial charge >= 0.3 is 0 Å². The van der Waals surface area contributed by atoms with Gasteiger partial charge in [0.05, 0.1) is 0 Å². The molecule has 110 valence electrons. The van der Waals surface area contributed by atoms with Gasteiger partial charge in [0.15, 0.2) is 0 Å². The van der Waals surface area contributed by atoms with Crippen LogP contribution in [0, 0.1) is 5.92 Å². The topological polar surface area (TPSA) is 58.2 Å². The summed E-state index contributed by atoms with van der Waals surface area (Å²) in [6.07, 6.45) is 1.56. The van der Waals surface area contributed by atoms with Crippen molar-refractivity contribution in [1.29, 1.82) is 0 Å². The van der Waals surface area contributed by atoms with Crippen LogP contribution in [0.25, 0.3) is 0 Å². The van der Waals surface area contributed by atoms with E-state index in [1.165, 1.54) is 0 Å². The molecule has 0 spiro atoms. The Morgan fingerprint density at radius 3 is 2.60 bits per heavy atom. The van der Waals surface area contributed by atoms with Crippen molar-refractivity contribution in [2.45, 2.75) is 26.7 Å². The first-order chi connectivity index (χ1) is 9.54. The molecule has 1 rings (SSSR count). The second-order valence-electron chi connectivity index (χ2n) is 4.72. The molecule has 20 heavy (non-hydrogen) atoms. The van der Waals surface area contributed by atoms with Gasteiger partial charge in [0.1, 0.15) is 0 Å². The molecule has 0 aliphatic rings. The zero-order chi connectivity index (χ0) is 15.0. The fraction of sp³-hybridized carbons (Fsp3) is 0.467. The summed E-state index contributed by atoms with van der Waals surface area (Å²) in [5.41, 5.74) is 0.628. The molecule has 0 fully saturated rings. The summed E-state index contributed by atoms with van der Waals surface area (Å²) in [4.78, 5) is 23.4. The summed E-state index contributed by atoms with van der Waals surface area (Å²) in [7, 11) is 0. The quantitative estimate of drug-likeness (QED) is 0.750. The average Bonchev–Trinajstić information content (AvgIpc) is 2.45. The van der Waals surface area contributed by atoms with Crippen LogP contribution in [0.4, 0.5) is 0 Å². The van der Waals surface area contributed by atoms with Gasteiger partial charge in [-0.1, -0.05) is 35.8 Å². The Hall–Kier alpha value is -1.36. The van der Waals surface area contributed by atoms with Crippen molar-refractivity contribution in [3.05, 3.63) is 34.3 Å². The highest BCUT2D eigenvalue weighted by Gasteiger charge is 2.09. The number of carbonyl (C=O) groups excluding carboxylic acids is 2. The Labute approximate surface area is 128 Å². The van der Waals surface area contributed by atoms with Crippen LogP contribution in [0.3, 0.4) is 0 Å². The Morgan fingerprint density at radius 1 is 1.25 bits per heavy atom. The molecule has 0 saturated carbocycles. The van der Waals surface area contributed by atoms with Gasteiger partial charge in [0.2, 0.25) is 5.91 Å². The monoisotopic (exact) mass is 340 g/mol. The van der Waals surface area contributed by atoms with E-state index in [0.29, 0.717) is 18.7 Å². The van der Waals surface area contributed by atoms with Crippen molar-refractivity contribution in [3.8, 4) is 0 Å². The maximum atomic E-state index is 11.8.